The normalized spacial score (nSPS) is 21.6. The maximum absolute atomic E-state index is 14.7. The smallest absolute Gasteiger partial charge is 0.295 e. The Morgan fingerprint density at radius 2 is 1.68 bits per heavy atom. The lowest BCUT2D eigenvalue weighted by Crippen LogP contribution is -2.39. The van der Waals surface area contributed by atoms with Gasteiger partial charge in [0.1, 0.15) is 11.6 Å². The number of hydrogen-bond donors (Lipinski definition) is 1. The maximum Gasteiger partial charge on any atom is 0.295 e. The highest BCUT2D eigenvalue weighted by Crippen LogP contribution is 2.40. The fraction of sp³-hybridized carbons (Fsp3) is 0.333. The van der Waals surface area contributed by atoms with E-state index in [2.05, 4.69) is 4.90 Å². The molecule has 2 aliphatic heterocycles. The molecule has 1 N–H and O–H groups in total. The number of aliphatic hydroxyl groups excluding tert-OH is 1. The lowest BCUT2D eigenvalue weighted by Gasteiger charge is -2.29. The average Bonchev–Trinajstić information content (AvgIpc) is 3.05. The number of nitrogens with zero attached hydrogens (tertiary/aromatic N) is 2. The molecule has 1 amide bonds. The van der Waals surface area contributed by atoms with Crippen LogP contribution >= 0.6 is 0 Å². The molecule has 6 nitrogen and oxygen atoms in total. The van der Waals surface area contributed by atoms with E-state index in [0.717, 1.165) is 19.6 Å². The standard InChI is InChI=1S/C24H25FN2O4/c25-19-10-5-4-9-18(19)21-20(22(28)17-7-2-1-3-8-17)23(29)24(30)27(21)12-6-11-26-13-15-31-16-14-26/h1-5,7-10,21,28H,6,11-16H2/b22-20+/t21-/m0/s1. The lowest BCUT2D eigenvalue weighted by molar-refractivity contribution is -0.140. The van der Waals surface area contributed by atoms with Crippen molar-refractivity contribution in [3.05, 3.63) is 77.1 Å². The molecule has 0 bridgehead atoms. The third-order valence-corrected chi connectivity index (χ3v) is 5.76. The first-order valence-electron chi connectivity index (χ1n) is 10.5. The molecule has 1 atom stereocenters. The number of amides is 1. The van der Waals surface area contributed by atoms with Crippen LogP contribution in [0.1, 0.15) is 23.6 Å². The Kier molecular flexibility index (Phi) is 6.44. The molecule has 0 spiro atoms. The van der Waals surface area contributed by atoms with Crippen molar-refractivity contribution in [2.24, 2.45) is 0 Å². The quantitative estimate of drug-likeness (QED) is 0.439. The first kappa shape index (κ1) is 21.2. The number of halogens is 1. The number of morpholine rings is 1. The highest BCUT2D eigenvalue weighted by Gasteiger charge is 2.46. The Bertz CT molecular complexity index is 986. The number of carbonyl (C=O) groups is 2. The highest BCUT2D eigenvalue weighted by molar-refractivity contribution is 6.46. The van der Waals surface area contributed by atoms with Crippen molar-refractivity contribution in [1.82, 2.24) is 9.80 Å². The molecule has 2 saturated heterocycles. The second kappa shape index (κ2) is 9.41. The van der Waals surface area contributed by atoms with E-state index in [4.69, 9.17) is 4.74 Å². The van der Waals surface area contributed by atoms with E-state index < -0.39 is 23.5 Å². The molecule has 162 valence electrons. The van der Waals surface area contributed by atoms with Crippen molar-refractivity contribution < 1.29 is 23.8 Å². The van der Waals surface area contributed by atoms with Gasteiger partial charge in [0.05, 0.1) is 24.8 Å². The van der Waals surface area contributed by atoms with E-state index in [1.165, 1.54) is 11.0 Å². The second-order valence-electron chi connectivity index (χ2n) is 7.69. The molecule has 31 heavy (non-hydrogen) atoms. The molecule has 0 aromatic heterocycles. The zero-order valence-corrected chi connectivity index (χ0v) is 17.2. The van der Waals surface area contributed by atoms with Crippen molar-refractivity contribution in [1.29, 1.82) is 0 Å². The van der Waals surface area contributed by atoms with Crippen LogP contribution in [-0.2, 0) is 14.3 Å². The van der Waals surface area contributed by atoms with Gasteiger partial charge in [-0.3, -0.25) is 14.5 Å². The largest absolute Gasteiger partial charge is 0.507 e. The first-order chi connectivity index (χ1) is 15.1. The van der Waals surface area contributed by atoms with Crippen LogP contribution in [0.2, 0.25) is 0 Å². The summed E-state index contributed by atoms with van der Waals surface area (Å²) in [6.45, 7) is 4.03. The van der Waals surface area contributed by atoms with E-state index >= 15 is 0 Å². The third-order valence-electron chi connectivity index (χ3n) is 5.76. The van der Waals surface area contributed by atoms with Crippen LogP contribution in [0.15, 0.2) is 60.2 Å². The molecule has 0 unspecified atom stereocenters. The van der Waals surface area contributed by atoms with Crippen LogP contribution in [0.3, 0.4) is 0 Å². The Labute approximate surface area is 180 Å². The number of ketones is 1. The molecule has 2 aromatic rings. The zero-order chi connectivity index (χ0) is 21.8. The molecular weight excluding hydrogens is 399 g/mol. The predicted octanol–water partition coefficient (Wildman–Crippen LogP) is 2.97. The average molecular weight is 424 g/mol. The van der Waals surface area contributed by atoms with Crippen molar-refractivity contribution in [2.45, 2.75) is 12.5 Å². The van der Waals surface area contributed by atoms with E-state index in [1.807, 2.05) is 0 Å². The molecule has 0 aliphatic carbocycles. The minimum absolute atomic E-state index is 0.0762. The van der Waals surface area contributed by atoms with Gasteiger partial charge in [-0.15, -0.1) is 0 Å². The van der Waals surface area contributed by atoms with Gasteiger partial charge in [-0.25, -0.2) is 4.39 Å². The van der Waals surface area contributed by atoms with Crippen LogP contribution in [0.25, 0.3) is 5.76 Å². The van der Waals surface area contributed by atoms with Crippen molar-refractivity contribution in [3.63, 3.8) is 0 Å². The van der Waals surface area contributed by atoms with E-state index in [0.29, 0.717) is 25.2 Å². The summed E-state index contributed by atoms with van der Waals surface area (Å²) in [7, 11) is 0. The van der Waals surface area contributed by atoms with Gasteiger partial charge in [-0.2, -0.15) is 0 Å². The number of likely N-dealkylation sites (tertiary alicyclic amines) is 1. The fourth-order valence-corrected chi connectivity index (χ4v) is 4.17. The Hall–Kier alpha value is -3.03. The Morgan fingerprint density at radius 3 is 2.39 bits per heavy atom. The molecule has 4 rings (SSSR count). The number of hydrogen-bond acceptors (Lipinski definition) is 5. The number of carbonyl (C=O) groups excluding carboxylic acids is 2. The maximum atomic E-state index is 14.7. The summed E-state index contributed by atoms with van der Waals surface area (Å²) < 4.78 is 20.1. The van der Waals surface area contributed by atoms with Crippen LogP contribution in [-0.4, -0.2) is 66.0 Å². The Morgan fingerprint density at radius 1 is 1.00 bits per heavy atom. The number of Topliss-reactive ketones (excluding diaryl/α,β-unsaturated/α-hetero) is 1. The topological polar surface area (TPSA) is 70.1 Å². The van der Waals surface area contributed by atoms with Crippen LogP contribution in [0.5, 0.6) is 0 Å². The van der Waals surface area contributed by atoms with Crippen molar-refractivity contribution in [3.8, 4) is 0 Å². The Balaban J connectivity index is 1.67. The SMILES string of the molecule is O=C1C(=O)N(CCCN2CCOCC2)[C@@H](c2ccccc2F)/C1=C(\O)c1ccccc1. The van der Waals surface area contributed by atoms with Gasteiger partial charge in [0, 0.05) is 37.3 Å². The minimum atomic E-state index is -0.967. The predicted molar refractivity (Wildman–Crippen MR) is 114 cm³/mol. The van der Waals surface area contributed by atoms with Crippen molar-refractivity contribution in [2.75, 3.05) is 39.4 Å². The molecule has 0 saturated carbocycles. The molecular formula is C24H25FN2O4. The van der Waals surface area contributed by atoms with Gasteiger partial charge in [-0.1, -0.05) is 48.5 Å². The minimum Gasteiger partial charge on any atom is -0.507 e. The molecule has 2 fully saturated rings. The highest BCUT2D eigenvalue weighted by atomic mass is 19.1. The summed E-state index contributed by atoms with van der Waals surface area (Å²) in [4.78, 5) is 29.5. The summed E-state index contributed by atoms with van der Waals surface area (Å²) in [5.74, 6) is -2.32. The van der Waals surface area contributed by atoms with Crippen LogP contribution in [0.4, 0.5) is 4.39 Å². The monoisotopic (exact) mass is 424 g/mol. The summed E-state index contributed by atoms with van der Waals surface area (Å²) in [6.07, 6.45) is 0.628. The lowest BCUT2D eigenvalue weighted by atomic mass is 9.95. The van der Waals surface area contributed by atoms with Gasteiger partial charge in [0.2, 0.25) is 0 Å². The summed E-state index contributed by atoms with van der Waals surface area (Å²) >= 11 is 0. The number of rotatable bonds is 6. The van der Waals surface area contributed by atoms with Gasteiger partial charge in [0.25, 0.3) is 11.7 Å². The fourth-order valence-electron chi connectivity index (χ4n) is 4.17. The van der Waals surface area contributed by atoms with E-state index in [1.54, 1.807) is 48.5 Å². The summed E-state index contributed by atoms with van der Waals surface area (Å²) in [5.41, 5.74) is 0.536. The number of benzene rings is 2. The van der Waals surface area contributed by atoms with Gasteiger partial charge in [-0.05, 0) is 12.5 Å². The van der Waals surface area contributed by atoms with Gasteiger partial charge in [0.15, 0.2) is 0 Å². The van der Waals surface area contributed by atoms with Crippen molar-refractivity contribution >= 4 is 17.4 Å². The second-order valence-corrected chi connectivity index (χ2v) is 7.69. The number of ether oxygens (including phenoxy) is 1. The zero-order valence-electron chi connectivity index (χ0n) is 17.2. The molecule has 0 radical (unpaired) electrons. The van der Waals surface area contributed by atoms with Crippen LogP contribution in [0, 0.1) is 5.82 Å². The third kappa shape index (κ3) is 4.38. The molecule has 2 aromatic carbocycles. The molecule has 7 heteroatoms. The molecule has 2 heterocycles. The first-order valence-corrected chi connectivity index (χ1v) is 10.5. The van der Waals surface area contributed by atoms with E-state index in [-0.39, 0.29) is 23.4 Å². The summed E-state index contributed by atoms with van der Waals surface area (Å²) in [6, 6.07) is 13.7. The molecule has 2 aliphatic rings. The van der Waals surface area contributed by atoms with Crippen LogP contribution < -0.4 is 0 Å². The van der Waals surface area contributed by atoms with Gasteiger partial charge < -0.3 is 14.7 Å². The van der Waals surface area contributed by atoms with Gasteiger partial charge >= 0.3 is 0 Å². The van der Waals surface area contributed by atoms with E-state index in [9.17, 15) is 19.1 Å². The number of aliphatic hydroxyl groups is 1. The summed E-state index contributed by atoms with van der Waals surface area (Å²) in [5, 5.41) is 10.9.